The third kappa shape index (κ3) is 1.97. The number of aryl methyl sites for hydroxylation is 1. The molecule has 0 amide bonds. The Morgan fingerprint density at radius 1 is 1.05 bits per heavy atom. The second kappa shape index (κ2) is 4.85. The van der Waals surface area contributed by atoms with Gasteiger partial charge in [0.2, 0.25) is 0 Å². The van der Waals surface area contributed by atoms with Gasteiger partial charge in [0, 0.05) is 22.5 Å². The number of fused-ring (bicyclic) bond motifs is 1. The van der Waals surface area contributed by atoms with E-state index in [1.807, 2.05) is 49.4 Å². The maximum absolute atomic E-state index is 12.2. The monoisotopic (exact) mass is 265 g/mol. The lowest BCUT2D eigenvalue weighted by atomic mass is 10.0. The van der Waals surface area contributed by atoms with E-state index in [0.29, 0.717) is 5.39 Å². The van der Waals surface area contributed by atoms with Crippen molar-refractivity contribution in [3.8, 4) is 17.0 Å². The highest BCUT2D eigenvalue weighted by Crippen LogP contribution is 2.31. The number of pyridine rings is 1. The molecule has 0 atom stereocenters. The van der Waals surface area contributed by atoms with E-state index in [1.165, 1.54) is 0 Å². The van der Waals surface area contributed by atoms with E-state index in [-0.39, 0.29) is 5.43 Å². The SMILES string of the molecule is COc1cccc(C)c1-c1cc(=O)c2ccccc2[nH]1. The van der Waals surface area contributed by atoms with Crippen molar-refractivity contribution in [2.75, 3.05) is 7.11 Å². The number of hydrogen-bond acceptors (Lipinski definition) is 2. The number of aromatic nitrogens is 1. The molecule has 1 aromatic heterocycles. The molecule has 3 aromatic rings. The predicted molar refractivity (Wildman–Crippen MR) is 81.3 cm³/mol. The first-order chi connectivity index (χ1) is 9.70. The Morgan fingerprint density at radius 2 is 1.85 bits per heavy atom. The third-order valence-corrected chi connectivity index (χ3v) is 3.46. The quantitative estimate of drug-likeness (QED) is 0.770. The number of H-pyrrole nitrogens is 1. The van der Waals surface area contributed by atoms with Gasteiger partial charge in [0.1, 0.15) is 5.75 Å². The molecule has 2 aromatic carbocycles. The van der Waals surface area contributed by atoms with Crippen molar-refractivity contribution in [2.45, 2.75) is 6.92 Å². The van der Waals surface area contributed by atoms with Gasteiger partial charge in [0.25, 0.3) is 0 Å². The molecule has 0 saturated heterocycles. The molecular formula is C17H15NO2. The number of aromatic amines is 1. The maximum atomic E-state index is 12.2. The Bertz CT molecular complexity index is 834. The Hall–Kier alpha value is -2.55. The van der Waals surface area contributed by atoms with Crippen molar-refractivity contribution in [1.29, 1.82) is 0 Å². The van der Waals surface area contributed by atoms with Gasteiger partial charge >= 0.3 is 0 Å². The molecule has 20 heavy (non-hydrogen) atoms. The highest BCUT2D eigenvalue weighted by Gasteiger charge is 2.11. The second-order valence-electron chi connectivity index (χ2n) is 4.75. The molecule has 0 fully saturated rings. The van der Waals surface area contributed by atoms with E-state index in [1.54, 1.807) is 13.2 Å². The van der Waals surface area contributed by atoms with Crippen molar-refractivity contribution >= 4 is 10.9 Å². The van der Waals surface area contributed by atoms with Crippen LogP contribution in [0.2, 0.25) is 0 Å². The smallest absolute Gasteiger partial charge is 0.190 e. The molecule has 0 aliphatic rings. The van der Waals surface area contributed by atoms with Crippen molar-refractivity contribution < 1.29 is 4.74 Å². The number of hydrogen-bond donors (Lipinski definition) is 1. The van der Waals surface area contributed by atoms with Crippen LogP contribution in [-0.4, -0.2) is 12.1 Å². The average molecular weight is 265 g/mol. The van der Waals surface area contributed by atoms with Crippen LogP contribution in [0.1, 0.15) is 5.56 Å². The van der Waals surface area contributed by atoms with Crippen LogP contribution in [0, 0.1) is 6.92 Å². The molecule has 0 aliphatic heterocycles. The van der Waals surface area contributed by atoms with E-state index in [0.717, 1.165) is 28.1 Å². The van der Waals surface area contributed by atoms with Crippen molar-refractivity contribution in [3.63, 3.8) is 0 Å². The van der Waals surface area contributed by atoms with E-state index in [4.69, 9.17) is 4.74 Å². The fourth-order valence-electron chi connectivity index (χ4n) is 2.49. The highest BCUT2D eigenvalue weighted by atomic mass is 16.5. The van der Waals surface area contributed by atoms with Crippen LogP contribution in [0.4, 0.5) is 0 Å². The zero-order valence-corrected chi connectivity index (χ0v) is 11.4. The topological polar surface area (TPSA) is 42.1 Å². The summed E-state index contributed by atoms with van der Waals surface area (Å²) in [5.41, 5.74) is 3.62. The minimum atomic E-state index is 0.0136. The molecule has 1 heterocycles. The van der Waals surface area contributed by atoms with Crippen molar-refractivity contribution in [1.82, 2.24) is 4.98 Å². The standard InChI is InChI=1S/C17H15NO2/c1-11-6-5-9-16(20-2)17(11)14-10-15(19)12-7-3-4-8-13(12)18-14/h3-10H,1-2H3,(H,18,19). The second-order valence-corrected chi connectivity index (χ2v) is 4.75. The first-order valence-electron chi connectivity index (χ1n) is 6.47. The molecule has 0 unspecified atom stereocenters. The summed E-state index contributed by atoms with van der Waals surface area (Å²) in [6.07, 6.45) is 0. The summed E-state index contributed by atoms with van der Waals surface area (Å²) in [6, 6.07) is 15.0. The lowest BCUT2D eigenvalue weighted by Gasteiger charge is -2.12. The summed E-state index contributed by atoms with van der Waals surface area (Å²) in [7, 11) is 1.64. The molecule has 100 valence electrons. The van der Waals surface area contributed by atoms with Gasteiger partial charge in [-0.1, -0.05) is 24.3 Å². The van der Waals surface area contributed by atoms with Gasteiger partial charge in [-0.25, -0.2) is 0 Å². The fraction of sp³-hybridized carbons (Fsp3) is 0.118. The number of ether oxygens (including phenoxy) is 1. The van der Waals surface area contributed by atoms with Crippen LogP contribution in [0.15, 0.2) is 53.3 Å². The summed E-state index contributed by atoms with van der Waals surface area (Å²) >= 11 is 0. The van der Waals surface area contributed by atoms with Crippen LogP contribution < -0.4 is 10.2 Å². The first kappa shape index (κ1) is 12.5. The average Bonchev–Trinajstić information content (AvgIpc) is 2.46. The van der Waals surface area contributed by atoms with Gasteiger partial charge in [0.05, 0.1) is 12.8 Å². The lowest BCUT2D eigenvalue weighted by Crippen LogP contribution is -2.04. The van der Waals surface area contributed by atoms with Crippen LogP contribution in [-0.2, 0) is 0 Å². The number of para-hydroxylation sites is 1. The minimum absolute atomic E-state index is 0.0136. The Balaban J connectivity index is 2.33. The van der Waals surface area contributed by atoms with Gasteiger partial charge in [0.15, 0.2) is 5.43 Å². The van der Waals surface area contributed by atoms with Gasteiger partial charge in [-0.2, -0.15) is 0 Å². The molecule has 3 nitrogen and oxygen atoms in total. The van der Waals surface area contributed by atoms with E-state index >= 15 is 0 Å². The Kier molecular flexibility index (Phi) is 3.03. The number of rotatable bonds is 2. The number of benzene rings is 2. The third-order valence-electron chi connectivity index (χ3n) is 3.46. The Morgan fingerprint density at radius 3 is 2.65 bits per heavy atom. The molecule has 1 N–H and O–H groups in total. The van der Waals surface area contributed by atoms with Crippen molar-refractivity contribution in [2.24, 2.45) is 0 Å². The molecule has 3 rings (SSSR count). The maximum Gasteiger partial charge on any atom is 0.190 e. The normalized spacial score (nSPS) is 10.7. The van der Waals surface area contributed by atoms with Crippen LogP contribution in [0.5, 0.6) is 5.75 Å². The minimum Gasteiger partial charge on any atom is -0.496 e. The summed E-state index contributed by atoms with van der Waals surface area (Å²) in [4.78, 5) is 15.5. The van der Waals surface area contributed by atoms with E-state index in [9.17, 15) is 4.79 Å². The summed E-state index contributed by atoms with van der Waals surface area (Å²) < 4.78 is 5.41. The molecule has 0 saturated carbocycles. The van der Waals surface area contributed by atoms with Crippen LogP contribution in [0.25, 0.3) is 22.2 Å². The molecule has 0 bridgehead atoms. The molecule has 0 radical (unpaired) electrons. The highest BCUT2D eigenvalue weighted by molar-refractivity contribution is 5.83. The zero-order chi connectivity index (χ0) is 14.1. The van der Waals surface area contributed by atoms with Crippen LogP contribution >= 0.6 is 0 Å². The fourth-order valence-corrected chi connectivity index (χ4v) is 2.49. The van der Waals surface area contributed by atoms with Gasteiger partial charge in [-0.05, 0) is 30.7 Å². The van der Waals surface area contributed by atoms with Gasteiger partial charge < -0.3 is 9.72 Å². The van der Waals surface area contributed by atoms with Gasteiger partial charge in [-0.3, -0.25) is 4.79 Å². The van der Waals surface area contributed by atoms with Crippen LogP contribution in [0.3, 0.4) is 0 Å². The van der Waals surface area contributed by atoms with E-state index < -0.39 is 0 Å². The Labute approximate surface area is 116 Å². The molecule has 0 aliphatic carbocycles. The number of methoxy groups -OCH3 is 1. The summed E-state index contributed by atoms with van der Waals surface area (Å²) in [5, 5.41) is 0.698. The van der Waals surface area contributed by atoms with E-state index in [2.05, 4.69) is 4.98 Å². The summed E-state index contributed by atoms with van der Waals surface area (Å²) in [6.45, 7) is 2.01. The predicted octanol–water partition coefficient (Wildman–Crippen LogP) is 3.51. The summed E-state index contributed by atoms with van der Waals surface area (Å²) in [5.74, 6) is 0.760. The lowest BCUT2D eigenvalue weighted by molar-refractivity contribution is 0.416. The number of nitrogens with one attached hydrogen (secondary N) is 1. The molecular weight excluding hydrogens is 250 g/mol. The zero-order valence-electron chi connectivity index (χ0n) is 11.4. The molecule has 3 heteroatoms. The largest absolute Gasteiger partial charge is 0.496 e. The van der Waals surface area contributed by atoms with Gasteiger partial charge in [-0.15, -0.1) is 0 Å². The molecule has 0 spiro atoms. The van der Waals surface area contributed by atoms with Crippen molar-refractivity contribution in [3.05, 3.63) is 64.3 Å². The first-order valence-corrected chi connectivity index (χ1v) is 6.47.